The first kappa shape index (κ1) is 28.5. The van der Waals surface area contributed by atoms with Gasteiger partial charge in [0.05, 0.1) is 25.2 Å². The first-order valence-corrected chi connectivity index (χ1v) is 11.7. The molecule has 4 atom stereocenters. The van der Waals surface area contributed by atoms with Gasteiger partial charge in [-0.15, -0.1) is 0 Å². The van der Waals surface area contributed by atoms with Gasteiger partial charge in [0.2, 0.25) is 23.6 Å². The number of benzene rings is 2. The summed E-state index contributed by atoms with van der Waals surface area (Å²) in [5.74, 6) is -2.13. The van der Waals surface area contributed by atoms with E-state index in [1.54, 1.807) is 0 Å². The van der Waals surface area contributed by atoms with E-state index in [1.807, 2.05) is 60.7 Å². The van der Waals surface area contributed by atoms with Gasteiger partial charge in [0.15, 0.2) is 0 Å². The second kappa shape index (κ2) is 14.6. The highest BCUT2D eigenvalue weighted by Crippen LogP contribution is 2.11. The maximum Gasteiger partial charge on any atom is 0.244 e. The van der Waals surface area contributed by atoms with Crippen LogP contribution in [-0.2, 0) is 32.0 Å². The lowest BCUT2D eigenvalue weighted by Gasteiger charge is -2.27. The van der Waals surface area contributed by atoms with Crippen LogP contribution in [0.5, 0.6) is 0 Å². The van der Waals surface area contributed by atoms with E-state index in [0.717, 1.165) is 11.1 Å². The van der Waals surface area contributed by atoms with Crippen molar-refractivity contribution in [2.24, 2.45) is 0 Å². The largest absolute Gasteiger partial charge is 0.394 e. The molecule has 2 aromatic carbocycles. The Morgan fingerprint density at radius 1 is 0.778 bits per heavy atom. The number of carbonyl (C=O) groups excluding carboxylic acids is 4. The lowest BCUT2D eigenvalue weighted by Crippen LogP contribution is -2.55. The van der Waals surface area contributed by atoms with Gasteiger partial charge in [-0.2, -0.15) is 0 Å². The first-order valence-electron chi connectivity index (χ1n) is 11.7. The summed E-state index contributed by atoms with van der Waals surface area (Å²) in [5, 5.41) is 30.4. The van der Waals surface area contributed by atoms with Gasteiger partial charge in [0, 0.05) is 20.4 Å². The van der Waals surface area contributed by atoms with Crippen LogP contribution in [0.15, 0.2) is 60.7 Å². The summed E-state index contributed by atoms with van der Waals surface area (Å²) in [6, 6.07) is 15.4. The summed E-state index contributed by atoms with van der Waals surface area (Å²) in [7, 11) is 1.37. The molecule has 6 N–H and O–H groups in total. The minimum atomic E-state index is -1.31. The van der Waals surface area contributed by atoms with Gasteiger partial charge in [-0.05, 0) is 17.5 Å². The number of hydrogen-bond donors (Lipinski definition) is 6. The Balaban J connectivity index is 2.17. The second-order valence-electron chi connectivity index (χ2n) is 8.44. The summed E-state index contributed by atoms with van der Waals surface area (Å²) in [6.07, 6.45) is -1.27. The van der Waals surface area contributed by atoms with Crippen LogP contribution in [0.3, 0.4) is 0 Å². The van der Waals surface area contributed by atoms with Crippen molar-refractivity contribution in [1.29, 1.82) is 0 Å². The van der Waals surface area contributed by atoms with E-state index < -0.39 is 55.0 Å². The fraction of sp³-hybridized carbons (Fsp3) is 0.385. The molecule has 0 aromatic heterocycles. The van der Waals surface area contributed by atoms with Crippen LogP contribution in [0.25, 0.3) is 0 Å². The predicted molar refractivity (Wildman–Crippen MR) is 134 cm³/mol. The summed E-state index contributed by atoms with van der Waals surface area (Å²) in [5.41, 5.74) is 1.66. The maximum absolute atomic E-state index is 13.2. The molecular weight excluding hydrogens is 464 g/mol. The van der Waals surface area contributed by atoms with Crippen molar-refractivity contribution in [3.8, 4) is 0 Å². The van der Waals surface area contributed by atoms with Crippen molar-refractivity contribution in [3.63, 3.8) is 0 Å². The Bertz CT molecular complexity index is 1000. The first-order chi connectivity index (χ1) is 17.2. The zero-order chi connectivity index (χ0) is 26.5. The van der Waals surface area contributed by atoms with E-state index in [2.05, 4.69) is 21.3 Å². The van der Waals surface area contributed by atoms with Crippen molar-refractivity contribution in [1.82, 2.24) is 21.3 Å². The molecule has 0 bridgehead atoms. The Kier molecular flexibility index (Phi) is 11.5. The third kappa shape index (κ3) is 9.47. The normalized spacial score (nSPS) is 14.0. The van der Waals surface area contributed by atoms with Gasteiger partial charge in [-0.1, -0.05) is 60.7 Å². The Labute approximate surface area is 210 Å². The SMILES string of the molecule is CNC(=O)[C@H](CO)NC(=O)C[C@H](O)[C@H](Cc1ccccc1)NC(=O)[C@H](Cc1ccccc1)NC(C)=O. The standard InChI is InChI=1S/C26H34N4O6/c1-17(32)28-21(14-19-11-7-4-8-12-19)26(36)30-20(13-18-9-5-3-6-10-18)23(33)15-24(34)29-22(16-31)25(35)27-2/h3-12,20-23,31,33H,13-16H2,1-2H3,(H,27,35)(H,28,32)(H,29,34)(H,30,36)/t20-,21-,22-,23-/m0/s1. The van der Waals surface area contributed by atoms with E-state index >= 15 is 0 Å². The average molecular weight is 499 g/mol. The molecule has 36 heavy (non-hydrogen) atoms. The molecule has 0 fully saturated rings. The quantitative estimate of drug-likeness (QED) is 0.217. The Morgan fingerprint density at radius 2 is 1.33 bits per heavy atom. The van der Waals surface area contributed by atoms with Gasteiger partial charge in [0.1, 0.15) is 12.1 Å². The number of aliphatic hydroxyl groups excluding tert-OH is 2. The molecule has 10 nitrogen and oxygen atoms in total. The summed E-state index contributed by atoms with van der Waals surface area (Å²) >= 11 is 0. The Hall–Kier alpha value is -3.76. The molecule has 0 aliphatic heterocycles. The fourth-order valence-electron chi connectivity index (χ4n) is 3.69. The van der Waals surface area contributed by atoms with Gasteiger partial charge in [0.25, 0.3) is 0 Å². The monoisotopic (exact) mass is 498 g/mol. The lowest BCUT2D eigenvalue weighted by molar-refractivity contribution is -0.131. The molecule has 0 saturated heterocycles. The molecule has 0 heterocycles. The number of hydrogen-bond acceptors (Lipinski definition) is 6. The number of carbonyl (C=O) groups is 4. The fourth-order valence-corrected chi connectivity index (χ4v) is 3.69. The van der Waals surface area contributed by atoms with Crippen molar-refractivity contribution < 1.29 is 29.4 Å². The minimum Gasteiger partial charge on any atom is -0.394 e. The van der Waals surface area contributed by atoms with E-state index in [-0.39, 0.29) is 18.7 Å². The predicted octanol–water partition coefficient (Wildman–Crippen LogP) is -0.565. The average Bonchev–Trinajstić information content (AvgIpc) is 2.86. The third-order valence-corrected chi connectivity index (χ3v) is 5.54. The highest BCUT2D eigenvalue weighted by Gasteiger charge is 2.29. The van der Waals surface area contributed by atoms with Crippen LogP contribution in [0.1, 0.15) is 24.5 Å². The maximum atomic E-state index is 13.2. The second-order valence-corrected chi connectivity index (χ2v) is 8.44. The van der Waals surface area contributed by atoms with Crippen molar-refractivity contribution in [2.75, 3.05) is 13.7 Å². The van der Waals surface area contributed by atoms with E-state index in [9.17, 15) is 29.4 Å². The van der Waals surface area contributed by atoms with Crippen LogP contribution in [0.4, 0.5) is 0 Å². The van der Waals surface area contributed by atoms with Crippen molar-refractivity contribution >= 4 is 23.6 Å². The number of nitrogens with one attached hydrogen (secondary N) is 4. The van der Waals surface area contributed by atoms with Crippen molar-refractivity contribution in [2.45, 2.75) is 50.4 Å². The zero-order valence-corrected chi connectivity index (χ0v) is 20.4. The van der Waals surface area contributed by atoms with Gasteiger partial charge in [-0.3, -0.25) is 19.2 Å². The molecular formula is C26H34N4O6. The Morgan fingerprint density at radius 3 is 1.83 bits per heavy atom. The van der Waals surface area contributed by atoms with Crippen LogP contribution < -0.4 is 21.3 Å². The summed E-state index contributed by atoms with van der Waals surface area (Å²) in [4.78, 5) is 49.2. The highest BCUT2D eigenvalue weighted by atomic mass is 16.3. The van der Waals surface area contributed by atoms with Gasteiger partial charge in [-0.25, -0.2) is 0 Å². The van der Waals surface area contributed by atoms with E-state index in [1.165, 1.54) is 14.0 Å². The highest BCUT2D eigenvalue weighted by molar-refractivity contribution is 5.88. The molecule has 2 rings (SSSR count). The molecule has 4 amide bonds. The molecule has 0 unspecified atom stereocenters. The van der Waals surface area contributed by atoms with Crippen LogP contribution >= 0.6 is 0 Å². The molecule has 10 heteroatoms. The van der Waals surface area contributed by atoms with Crippen molar-refractivity contribution in [3.05, 3.63) is 71.8 Å². The smallest absolute Gasteiger partial charge is 0.244 e. The van der Waals surface area contributed by atoms with Crippen LogP contribution in [-0.4, -0.2) is 71.7 Å². The molecule has 194 valence electrons. The van der Waals surface area contributed by atoms with E-state index in [0.29, 0.717) is 0 Å². The van der Waals surface area contributed by atoms with Gasteiger partial charge < -0.3 is 31.5 Å². The molecule has 0 aliphatic carbocycles. The number of rotatable bonds is 13. The summed E-state index contributed by atoms with van der Waals surface area (Å²) < 4.78 is 0. The topological polar surface area (TPSA) is 157 Å². The minimum absolute atomic E-state index is 0.220. The van der Waals surface area contributed by atoms with Gasteiger partial charge >= 0.3 is 0 Å². The summed E-state index contributed by atoms with van der Waals surface area (Å²) in [6.45, 7) is 0.708. The number of amides is 4. The molecule has 0 saturated carbocycles. The molecule has 2 aromatic rings. The van der Waals surface area contributed by atoms with Crippen LogP contribution in [0.2, 0.25) is 0 Å². The molecule has 0 spiro atoms. The number of likely N-dealkylation sites (N-methyl/N-ethyl adjacent to an activating group) is 1. The third-order valence-electron chi connectivity index (χ3n) is 5.54. The van der Waals surface area contributed by atoms with E-state index in [4.69, 9.17) is 0 Å². The molecule has 0 radical (unpaired) electrons. The zero-order valence-electron chi connectivity index (χ0n) is 20.4. The lowest BCUT2D eigenvalue weighted by atomic mass is 9.97. The molecule has 0 aliphatic rings. The van der Waals surface area contributed by atoms with Crippen LogP contribution in [0, 0.1) is 0 Å². The number of aliphatic hydroxyl groups is 2.